The highest BCUT2D eigenvalue weighted by atomic mass is 35.5. The van der Waals surface area contributed by atoms with Crippen molar-refractivity contribution >= 4 is 66.9 Å². The summed E-state index contributed by atoms with van der Waals surface area (Å²) in [6.07, 6.45) is 2.38. The Morgan fingerprint density at radius 1 is 1.17 bits per heavy atom. The lowest BCUT2D eigenvalue weighted by atomic mass is 10.1. The number of thiophene rings is 2. The first kappa shape index (κ1) is 23.8. The number of nitrogens with one attached hydrogen (secondary N) is 1. The molecular weight excluding hydrogens is 534 g/mol. The molecule has 0 bridgehead atoms. The predicted molar refractivity (Wildman–Crippen MR) is 136 cm³/mol. The van der Waals surface area contributed by atoms with Crippen LogP contribution in [0.25, 0.3) is 16.6 Å². The standard InChI is InChI=1S/C22H18ClN3O6S3/c1-32-21(28)12-5-4-6-13-18(12)20(27)26(22(29)24-13)15-11-17(34-19(15)23)35(30,31)25-9-3-2-7-16-14(25)8-10-33-16/h4-6,8,10-11H,2-3,7,9H2,1H3,(H,24,29). The molecule has 0 fully saturated rings. The quantitative estimate of drug-likeness (QED) is 0.386. The maximum Gasteiger partial charge on any atom is 0.338 e. The van der Waals surface area contributed by atoms with Crippen LogP contribution >= 0.6 is 34.3 Å². The molecule has 0 saturated carbocycles. The maximum atomic E-state index is 13.6. The second-order valence-corrected chi connectivity index (χ2v) is 12.5. The fraction of sp³-hybridized carbons (Fsp3) is 0.227. The van der Waals surface area contributed by atoms with Crippen molar-refractivity contribution in [2.24, 2.45) is 0 Å². The molecule has 1 N–H and O–H groups in total. The van der Waals surface area contributed by atoms with Crippen LogP contribution in [-0.4, -0.2) is 37.6 Å². The van der Waals surface area contributed by atoms with Gasteiger partial charge < -0.3 is 9.72 Å². The van der Waals surface area contributed by atoms with E-state index in [1.807, 2.05) is 5.38 Å². The van der Waals surface area contributed by atoms with Gasteiger partial charge in [0.15, 0.2) is 0 Å². The number of halogens is 1. The lowest BCUT2D eigenvalue weighted by Crippen LogP contribution is -2.34. The second kappa shape index (κ2) is 8.94. The Kier molecular flexibility index (Phi) is 6.08. The monoisotopic (exact) mass is 551 g/mol. The SMILES string of the molecule is COC(=O)c1cccc2[nH]c(=O)n(-c3cc(S(=O)(=O)N4CCCCc5sccc54)sc3Cl)c(=O)c12. The molecule has 0 spiro atoms. The Bertz CT molecular complexity index is 1700. The number of nitrogens with zero attached hydrogens (tertiary/aromatic N) is 2. The summed E-state index contributed by atoms with van der Waals surface area (Å²) in [5.74, 6) is -0.751. The Morgan fingerprint density at radius 3 is 2.74 bits per heavy atom. The summed E-state index contributed by atoms with van der Waals surface area (Å²) < 4.78 is 33.9. The third-order valence-corrected chi connectivity index (χ3v) is 10.3. The summed E-state index contributed by atoms with van der Waals surface area (Å²) in [7, 11) is -2.82. The third kappa shape index (κ3) is 3.90. The van der Waals surface area contributed by atoms with Crippen LogP contribution in [0.2, 0.25) is 4.34 Å². The van der Waals surface area contributed by atoms with Crippen molar-refractivity contribution in [2.45, 2.75) is 23.5 Å². The van der Waals surface area contributed by atoms with Crippen LogP contribution in [0.5, 0.6) is 0 Å². The number of aromatic amines is 1. The first-order valence-corrected chi connectivity index (χ1v) is 14.0. The number of rotatable bonds is 4. The zero-order chi connectivity index (χ0) is 24.9. The Balaban J connectivity index is 1.68. The smallest absolute Gasteiger partial charge is 0.338 e. The maximum absolute atomic E-state index is 13.6. The predicted octanol–water partition coefficient (Wildman–Crippen LogP) is 3.77. The molecular formula is C22H18ClN3O6S3. The van der Waals surface area contributed by atoms with E-state index in [9.17, 15) is 22.8 Å². The van der Waals surface area contributed by atoms with Gasteiger partial charge in [0.05, 0.1) is 35.0 Å². The van der Waals surface area contributed by atoms with Gasteiger partial charge in [-0.1, -0.05) is 17.7 Å². The Labute approximate surface area is 212 Å². The van der Waals surface area contributed by atoms with Crippen LogP contribution in [0.15, 0.2) is 49.5 Å². The number of anilines is 1. The first-order valence-electron chi connectivity index (χ1n) is 10.5. The average molecular weight is 552 g/mol. The molecule has 182 valence electrons. The summed E-state index contributed by atoms with van der Waals surface area (Å²) in [5, 5.41) is 1.79. The van der Waals surface area contributed by atoms with Crippen molar-refractivity contribution in [1.29, 1.82) is 0 Å². The van der Waals surface area contributed by atoms with Gasteiger partial charge in [-0.3, -0.25) is 9.10 Å². The van der Waals surface area contributed by atoms with Crippen LogP contribution in [-0.2, 0) is 21.2 Å². The molecule has 0 saturated heterocycles. The van der Waals surface area contributed by atoms with Crippen molar-refractivity contribution < 1.29 is 17.9 Å². The number of hydrogen-bond acceptors (Lipinski definition) is 8. The number of H-pyrrole nitrogens is 1. The highest BCUT2D eigenvalue weighted by Gasteiger charge is 2.32. The molecule has 1 aliphatic rings. The van der Waals surface area contributed by atoms with E-state index in [1.54, 1.807) is 6.07 Å². The summed E-state index contributed by atoms with van der Waals surface area (Å²) in [6.45, 7) is 0.315. The Hall–Kier alpha value is -2.93. The van der Waals surface area contributed by atoms with Crippen LogP contribution in [0.4, 0.5) is 5.69 Å². The van der Waals surface area contributed by atoms with Crippen LogP contribution in [0, 0.1) is 0 Å². The molecule has 5 rings (SSSR count). The highest BCUT2D eigenvalue weighted by molar-refractivity contribution is 7.94. The van der Waals surface area contributed by atoms with E-state index in [-0.39, 0.29) is 30.7 Å². The number of carbonyl (C=O) groups is 1. The van der Waals surface area contributed by atoms with Crippen LogP contribution in [0.1, 0.15) is 28.1 Å². The summed E-state index contributed by atoms with van der Waals surface area (Å²) in [4.78, 5) is 42.1. The largest absolute Gasteiger partial charge is 0.465 e. The molecule has 0 radical (unpaired) electrons. The molecule has 13 heteroatoms. The molecule has 9 nitrogen and oxygen atoms in total. The number of hydrogen-bond donors (Lipinski definition) is 1. The minimum atomic E-state index is -4.00. The Morgan fingerprint density at radius 2 is 1.97 bits per heavy atom. The molecule has 4 aromatic rings. The first-order chi connectivity index (χ1) is 16.7. The minimum Gasteiger partial charge on any atom is -0.465 e. The lowest BCUT2D eigenvalue weighted by molar-refractivity contribution is 0.0603. The van der Waals surface area contributed by atoms with Crippen molar-refractivity contribution in [3.8, 4) is 5.69 Å². The topological polar surface area (TPSA) is 119 Å². The van der Waals surface area contributed by atoms with Gasteiger partial charge in [0.1, 0.15) is 8.55 Å². The molecule has 0 amide bonds. The van der Waals surface area contributed by atoms with Gasteiger partial charge in [-0.15, -0.1) is 22.7 Å². The van der Waals surface area contributed by atoms with E-state index in [0.717, 1.165) is 33.6 Å². The van der Waals surface area contributed by atoms with Gasteiger partial charge in [-0.25, -0.2) is 22.6 Å². The van der Waals surface area contributed by atoms with Crippen molar-refractivity contribution in [3.63, 3.8) is 0 Å². The fourth-order valence-electron chi connectivity index (χ4n) is 4.14. The number of methoxy groups -OCH3 is 1. The molecule has 0 unspecified atom stereocenters. The van der Waals surface area contributed by atoms with E-state index in [1.165, 1.54) is 47.0 Å². The second-order valence-electron chi connectivity index (χ2n) is 7.78. The fourth-order valence-corrected chi connectivity index (χ4v) is 8.47. The number of carbonyl (C=O) groups excluding carboxylic acids is 1. The minimum absolute atomic E-state index is 0.0336. The van der Waals surface area contributed by atoms with Gasteiger partial charge in [-0.05, 0) is 48.9 Å². The van der Waals surface area contributed by atoms with Gasteiger partial charge in [-0.2, -0.15) is 0 Å². The van der Waals surface area contributed by atoms with Gasteiger partial charge in [0, 0.05) is 11.4 Å². The molecule has 1 aromatic carbocycles. The van der Waals surface area contributed by atoms with E-state index >= 15 is 0 Å². The van der Waals surface area contributed by atoms with E-state index in [4.69, 9.17) is 16.3 Å². The zero-order valence-electron chi connectivity index (χ0n) is 18.2. The summed E-state index contributed by atoms with van der Waals surface area (Å²) in [5.41, 5.74) is -0.960. The number of benzene rings is 1. The molecule has 35 heavy (non-hydrogen) atoms. The van der Waals surface area contributed by atoms with Gasteiger partial charge in [0.2, 0.25) is 0 Å². The normalized spacial score (nSPS) is 14.1. The number of esters is 1. The number of ether oxygens (including phenoxy) is 1. The number of fused-ring (bicyclic) bond motifs is 2. The average Bonchev–Trinajstić information content (AvgIpc) is 3.39. The van der Waals surface area contributed by atoms with Crippen molar-refractivity contribution in [2.75, 3.05) is 18.0 Å². The highest BCUT2D eigenvalue weighted by Crippen LogP contribution is 2.39. The molecule has 0 atom stereocenters. The number of aromatic nitrogens is 2. The van der Waals surface area contributed by atoms with E-state index < -0.39 is 27.2 Å². The summed E-state index contributed by atoms with van der Waals surface area (Å²) in [6, 6.07) is 7.41. The van der Waals surface area contributed by atoms with Crippen molar-refractivity contribution in [1.82, 2.24) is 9.55 Å². The zero-order valence-corrected chi connectivity index (χ0v) is 21.4. The third-order valence-electron chi connectivity index (χ3n) is 5.77. The summed E-state index contributed by atoms with van der Waals surface area (Å²) >= 11 is 8.67. The lowest BCUT2D eigenvalue weighted by Gasteiger charge is -2.21. The number of aryl methyl sites for hydroxylation is 1. The van der Waals surface area contributed by atoms with Crippen LogP contribution < -0.4 is 15.6 Å². The molecule has 0 aliphatic carbocycles. The molecule has 3 aromatic heterocycles. The molecule has 1 aliphatic heterocycles. The van der Waals surface area contributed by atoms with Crippen molar-refractivity contribution in [3.05, 3.63) is 71.3 Å². The van der Waals surface area contributed by atoms with Crippen LogP contribution in [0.3, 0.4) is 0 Å². The number of sulfonamides is 1. The molecule has 4 heterocycles. The van der Waals surface area contributed by atoms with Gasteiger partial charge in [0.25, 0.3) is 15.6 Å². The van der Waals surface area contributed by atoms with E-state index in [0.29, 0.717) is 18.7 Å². The van der Waals surface area contributed by atoms with Gasteiger partial charge >= 0.3 is 11.7 Å². The van der Waals surface area contributed by atoms with E-state index in [2.05, 4.69) is 4.98 Å².